The molecule has 92 valence electrons. The van der Waals surface area contributed by atoms with Gasteiger partial charge in [-0.25, -0.2) is 4.98 Å². The van der Waals surface area contributed by atoms with Crippen LogP contribution in [0.25, 0.3) is 0 Å². The van der Waals surface area contributed by atoms with Crippen molar-refractivity contribution in [2.75, 3.05) is 11.4 Å². The molecule has 0 unspecified atom stereocenters. The zero-order chi connectivity index (χ0) is 12.5. The molecule has 1 aromatic heterocycles. The number of halogens is 3. The summed E-state index contributed by atoms with van der Waals surface area (Å²) < 4.78 is 37.2. The highest BCUT2D eigenvalue weighted by atomic mass is 19.4. The van der Waals surface area contributed by atoms with Gasteiger partial charge in [0, 0.05) is 17.8 Å². The number of aromatic nitrogens is 1. The van der Waals surface area contributed by atoms with Crippen molar-refractivity contribution in [3.8, 4) is 0 Å². The predicted molar refractivity (Wildman–Crippen MR) is 56.0 cm³/mol. The molecule has 6 heteroatoms. The number of carbonyl (C=O) groups excluding carboxylic acids is 1. The second-order valence-electron chi connectivity index (χ2n) is 4.04. The maximum Gasteiger partial charge on any atom is 0.405 e. The van der Waals surface area contributed by atoms with Gasteiger partial charge in [-0.05, 0) is 25.0 Å². The summed E-state index contributed by atoms with van der Waals surface area (Å²) in [4.78, 5) is 15.6. The van der Waals surface area contributed by atoms with Crippen LogP contribution in [0.15, 0.2) is 18.3 Å². The van der Waals surface area contributed by atoms with Crippen LogP contribution in [0.4, 0.5) is 19.0 Å². The average Bonchev–Trinajstić information content (AvgIpc) is 3.09. The summed E-state index contributed by atoms with van der Waals surface area (Å²) in [5, 5.41) is 0. The molecule has 1 aromatic rings. The molecule has 0 spiro atoms. The quantitative estimate of drug-likeness (QED) is 0.762. The molecule has 1 saturated carbocycles. The van der Waals surface area contributed by atoms with E-state index in [1.165, 1.54) is 23.2 Å². The minimum atomic E-state index is -4.24. The first-order valence-electron chi connectivity index (χ1n) is 5.24. The third kappa shape index (κ3) is 3.18. The van der Waals surface area contributed by atoms with Crippen molar-refractivity contribution in [1.82, 2.24) is 4.98 Å². The van der Waals surface area contributed by atoms with Gasteiger partial charge in [0.05, 0.1) is 0 Å². The summed E-state index contributed by atoms with van der Waals surface area (Å²) in [6, 6.07) is 2.85. The van der Waals surface area contributed by atoms with Gasteiger partial charge in [0.1, 0.15) is 12.4 Å². The number of carbonyl (C=O) groups is 1. The molecule has 0 N–H and O–H groups in total. The summed E-state index contributed by atoms with van der Waals surface area (Å²) in [5.74, 6) is 0.274. The monoisotopic (exact) mass is 244 g/mol. The molecular weight excluding hydrogens is 233 g/mol. The lowest BCUT2D eigenvalue weighted by atomic mass is 10.3. The van der Waals surface area contributed by atoms with Crippen LogP contribution in [-0.4, -0.2) is 30.0 Å². The van der Waals surface area contributed by atoms with Crippen LogP contribution in [-0.2, 0) is 0 Å². The van der Waals surface area contributed by atoms with Gasteiger partial charge in [0.15, 0.2) is 6.29 Å². The Balaban J connectivity index is 2.17. The van der Waals surface area contributed by atoms with Crippen LogP contribution < -0.4 is 4.90 Å². The summed E-state index contributed by atoms with van der Waals surface area (Å²) in [6.07, 6.45) is -0.829. The van der Waals surface area contributed by atoms with Gasteiger partial charge in [-0.2, -0.15) is 13.2 Å². The summed E-state index contributed by atoms with van der Waals surface area (Å²) in [7, 11) is 0. The van der Waals surface area contributed by atoms with E-state index in [1.807, 2.05) is 0 Å². The Hall–Kier alpha value is -1.59. The smallest absolute Gasteiger partial charge is 0.345 e. The van der Waals surface area contributed by atoms with Crippen molar-refractivity contribution < 1.29 is 18.0 Å². The maximum absolute atomic E-state index is 12.4. The average molecular weight is 244 g/mol. The van der Waals surface area contributed by atoms with E-state index in [0.717, 1.165) is 12.8 Å². The number of rotatable bonds is 4. The summed E-state index contributed by atoms with van der Waals surface area (Å²) in [5.41, 5.74) is 0.358. The van der Waals surface area contributed by atoms with Crippen molar-refractivity contribution in [3.63, 3.8) is 0 Å². The molecule has 0 bridgehead atoms. The van der Waals surface area contributed by atoms with Gasteiger partial charge in [-0.15, -0.1) is 0 Å². The lowest BCUT2D eigenvalue weighted by Gasteiger charge is -2.24. The van der Waals surface area contributed by atoms with Crippen LogP contribution in [0.2, 0.25) is 0 Å². The highest BCUT2D eigenvalue weighted by Gasteiger charge is 2.38. The highest BCUT2D eigenvalue weighted by molar-refractivity contribution is 5.74. The molecule has 1 aliphatic rings. The SMILES string of the molecule is O=Cc1ccc(N(CC(F)(F)F)C2CC2)nc1. The van der Waals surface area contributed by atoms with Gasteiger partial charge in [-0.3, -0.25) is 4.79 Å². The van der Waals surface area contributed by atoms with Gasteiger partial charge in [-0.1, -0.05) is 0 Å². The second-order valence-corrected chi connectivity index (χ2v) is 4.04. The van der Waals surface area contributed by atoms with Crippen molar-refractivity contribution in [2.24, 2.45) is 0 Å². The predicted octanol–water partition coefficient (Wildman–Crippen LogP) is 2.43. The molecule has 17 heavy (non-hydrogen) atoms. The molecule has 0 atom stereocenters. The molecule has 1 heterocycles. The Morgan fingerprint density at radius 3 is 2.53 bits per heavy atom. The van der Waals surface area contributed by atoms with Gasteiger partial charge < -0.3 is 4.90 Å². The number of aldehydes is 1. The van der Waals surface area contributed by atoms with Crippen LogP contribution in [0.3, 0.4) is 0 Å². The van der Waals surface area contributed by atoms with E-state index in [0.29, 0.717) is 11.8 Å². The largest absolute Gasteiger partial charge is 0.405 e. The van der Waals surface area contributed by atoms with Crippen molar-refractivity contribution in [1.29, 1.82) is 0 Å². The standard InChI is InChI=1S/C11H11F3N2O/c12-11(13,14)7-16(9-2-3-9)10-4-1-8(6-17)5-15-10/h1,4-6,9H,2-3,7H2. The summed E-state index contributed by atoms with van der Waals surface area (Å²) >= 11 is 0. The molecule has 0 radical (unpaired) electrons. The van der Waals surface area contributed by atoms with Gasteiger partial charge in [0.2, 0.25) is 0 Å². The zero-order valence-corrected chi connectivity index (χ0v) is 8.94. The Morgan fingerprint density at radius 1 is 1.41 bits per heavy atom. The maximum atomic E-state index is 12.4. The second kappa shape index (κ2) is 4.35. The van der Waals surface area contributed by atoms with E-state index in [-0.39, 0.29) is 11.9 Å². The normalized spacial score (nSPS) is 15.7. The molecule has 1 fully saturated rings. The third-order valence-corrected chi connectivity index (χ3v) is 2.54. The molecule has 3 nitrogen and oxygen atoms in total. The number of hydrogen-bond donors (Lipinski definition) is 0. The van der Waals surface area contributed by atoms with Crippen molar-refractivity contribution in [3.05, 3.63) is 23.9 Å². The van der Waals surface area contributed by atoms with E-state index in [9.17, 15) is 18.0 Å². The Labute approximate surface area is 96.3 Å². The minimum Gasteiger partial charge on any atom is -0.345 e. The molecule has 0 aliphatic heterocycles. The van der Waals surface area contributed by atoms with E-state index >= 15 is 0 Å². The minimum absolute atomic E-state index is 0.0776. The Morgan fingerprint density at radius 2 is 2.12 bits per heavy atom. The van der Waals surface area contributed by atoms with E-state index in [2.05, 4.69) is 4.98 Å². The van der Waals surface area contributed by atoms with E-state index < -0.39 is 12.7 Å². The molecule has 0 amide bonds. The van der Waals surface area contributed by atoms with E-state index in [1.54, 1.807) is 0 Å². The van der Waals surface area contributed by atoms with Crippen LogP contribution in [0, 0.1) is 0 Å². The number of anilines is 1. The third-order valence-electron chi connectivity index (χ3n) is 2.54. The van der Waals surface area contributed by atoms with Crippen LogP contribution in [0.5, 0.6) is 0 Å². The first-order chi connectivity index (χ1) is 7.99. The lowest BCUT2D eigenvalue weighted by Crippen LogP contribution is -2.36. The molecular formula is C11H11F3N2O. The number of hydrogen-bond acceptors (Lipinski definition) is 3. The molecule has 1 aliphatic carbocycles. The molecule has 0 aromatic carbocycles. The summed E-state index contributed by atoms with van der Waals surface area (Å²) in [6.45, 7) is -0.995. The molecule has 2 rings (SSSR count). The lowest BCUT2D eigenvalue weighted by molar-refractivity contribution is -0.120. The molecule has 0 saturated heterocycles. The van der Waals surface area contributed by atoms with Crippen molar-refractivity contribution in [2.45, 2.75) is 25.1 Å². The van der Waals surface area contributed by atoms with Crippen molar-refractivity contribution >= 4 is 12.1 Å². The van der Waals surface area contributed by atoms with Gasteiger partial charge >= 0.3 is 6.18 Å². The Bertz CT molecular complexity index is 398. The number of nitrogens with zero attached hydrogens (tertiary/aromatic N) is 2. The Kier molecular flexibility index (Phi) is 3.04. The highest BCUT2D eigenvalue weighted by Crippen LogP contribution is 2.33. The fourth-order valence-electron chi connectivity index (χ4n) is 1.61. The number of alkyl halides is 3. The zero-order valence-electron chi connectivity index (χ0n) is 8.94. The van der Waals surface area contributed by atoms with Gasteiger partial charge in [0.25, 0.3) is 0 Å². The van der Waals surface area contributed by atoms with Crippen LogP contribution >= 0.6 is 0 Å². The first kappa shape index (κ1) is 11.9. The van der Waals surface area contributed by atoms with Crippen LogP contribution in [0.1, 0.15) is 23.2 Å². The first-order valence-corrected chi connectivity index (χ1v) is 5.24. The fourth-order valence-corrected chi connectivity index (χ4v) is 1.61. The number of pyridine rings is 1. The van der Waals surface area contributed by atoms with E-state index in [4.69, 9.17) is 0 Å². The topological polar surface area (TPSA) is 33.2 Å². The fraction of sp³-hybridized carbons (Fsp3) is 0.455.